The predicted molar refractivity (Wildman–Crippen MR) is 29.6 cm³/mol. The van der Waals surface area contributed by atoms with E-state index in [-0.39, 0.29) is 0 Å². The van der Waals surface area contributed by atoms with Gasteiger partial charge in [-0.3, -0.25) is 0 Å². The third kappa shape index (κ3) is 0.561. The normalized spacial score (nSPS) is 10.2. The molecule has 0 bridgehead atoms. The molecule has 2 aromatic heterocycles. The van der Waals surface area contributed by atoms with Crippen LogP contribution in [0.15, 0.2) is 18.7 Å². The van der Waals surface area contributed by atoms with E-state index in [0.717, 1.165) is 0 Å². The minimum atomic E-state index is 0.605. The van der Waals surface area contributed by atoms with Crippen LogP contribution in [-0.2, 0) is 0 Å². The maximum absolute atomic E-state index is 3.88. The summed E-state index contributed by atoms with van der Waals surface area (Å²) in [5.41, 5.74) is 0. The van der Waals surface area contributed by atoms with Crippen molar-refractivity contribution in [2.24, 2.45) is 0 Å². The van der Waals surface area contributed by atoms with E-state index < -0.39 is 0 Å². The molecule has 0 atom stereocenters. The van der Waals surface area contributed by atoms with Gasteiger partial charge in [0.25, 0.3) is 5.78 Å². The molecule has 9 heavy (non-hydrogen) atoms. The van der Waals surface area contributed by atoms with Gasteiger partial charge in [-0.15, -0.1) is 0 Å². The van der Waals surface area contributed by atoms with Gasteiger partial charge in [0.2, 0.25) is 0 Å². The van der Waals surface area contributed by atoms with Crippen LogP contribution in [0.5, 0.6) is 0 Å². The van der Waals surface area contributed by atoms with Crippen LogP contribution in [0, 0.1) is 6.07 Å². The lowest BCUT2D eigenvalue weighted by Crippen LogP contribution is -1.86. The zero-order chi connectivity index (χ0) is 6.10. The lowest BCUT2D eigenvalue weighted by molar-refractivity contribution is 0.937. The van der Waals surface area contributed by atoms with Crippen LogP contribution in [-0.4, -0.2) is 19.6 Å². The third-order valence-electron chi connectivity index (χ3n) is 1.01. The van der Waals surface area contributed by atoms with Crippen molar-refractivity contribution >= 4 is 5.78 Å². The molecule has 4 nitrogen and oxygen atoms in total. The van der Waals surface area contributed by atoms with Crippen LogP contribution in [0.4, 0.5) is 0 Å². The van der Waals surface area contributed by atoms with Crippen molar-refractivity contribution in [3.8, 4) is 0 Å². The van der Waals surface area contributed by atoms with Gasteiger partial charge in [0.15, 0.2) is 0 Å². The standard InChI is InChI=1S/C5H3N4/c1-2-6-5-7-4-8-9(5)3-1/h2-4H. The van der Waals surface area contributed by atoms with Gasteiger partial charge >= 0.3 is 0 Å². The Morgan fingerprint density at radius 3 is 3.33 bits per heavy atom. The molecule has 0 amide bonds. The maximum atomic E-state index is 3.88. The lowest BCUT2D eigenvalue weighted by Gasteiger charge is -1.83. The molecule has 0 aliphatic rings. The number of hydrogen-bond acceptors (Lipinski definition) is 3. The average molecular weight is 119 g/mol. The second-order valence-corrected chi connectivity index (χ2v) is 1.56. The molecule has 0 saturated heterocycles. The van der Waals surface area contributed by atoms with E-state index in [1.54, 1.807) is 16.9 Å². The first kappa shape index (κ1) is 4.43. The topological polar surface area (TPSA) is 43.1 Å². The highest BCUT2D eigenvalue weighted by Crippen LogP contribution is 1.87. The van der Waals surface area contributed by atoms with Crippen LogP contribution >= 0.6 is 0 Å². The fourth-order valence-corrected chi connectivity index (χ4v) is 0.626. The fraction of sp³-hybridized carbons (Fsp3) is 0. The van der Waals surface area contributed by atoms with Crippen LogP contribution in [0.3, 0.4) is 0 Å². The quantitative estimate of drug-likeness (QED) is 0.487. The summed E-state index contributed by atoms with van der Waals surface area (Å²) in [5.74, 6) is 0.605. The summed E-state index contributed by atoms with van der Waals surface area (Å²) in [7, 11) is 0. The number of aromatic nitrogens is 4. The van der Waals surface area contributed by atoms with Crippen molar-refractivity contribution in [3.05, 3.63) is 24.8 Å². The molecule has 2 heterocycles. The van der Waals surface area contributed by atoms with E-state index in [0.29, 0.717) is 5.78 Å². The Bertz CT molecular complexity index is 283. The first-order valence-corrected chi connectivity index (χ1v) is 2.48. The summed E-state index contributed by atoms with van der Waals surface area (Å²) in [6, 6.07) is 2.77. The molecule has 0 spiro atoms. The van der Waals surface area contributed by atoms with E-state index in [1.807, 2.05) is 0 Å². The summed E-state index contributed by atoms with van der Waals surface area (Å²) in [6.07, 6.45) is 4.69. The molecule has 0 N–H and O–H groups in total. The zero-order valence-corrected chi connectivity index (χ0v) is 4.52. The van der Waals surface area contributed by atoms with Gasteiger partial charge in [0.1, 0.15) is 6.33 Å². The average Bonchev–Trinajstić information content (AvgIpc) is 2.33. The Labute approximate surface area is 51.2 Å². The van der Waals surface area contributed by atoms with Crippen molar-refractivity contribution in [1.82, 2.24) is 19.6 Å². The van der Waals surface area contributed by atoms with E-state index in [9.17, 15) is 0 Å². The highest BCUT2D eigenvalue weighted by Gasteiger charge is 1.89. The molecule has 0 aromatic carbocycles. The number of rotatable bonds is 0. The van der Waals surface area contributed by atoms with Crippen molar-refractivity contribution < 1.29 is 0 Å². The second-order valence-electron chi connectivity index (χ2n) is 1.56. The third-order valence-corrected chi connectivity index (χ3v) is 1.01. The number of fused-ring (bicyclic) bond motifs is 1. The molecule has 0 unspecified atom stereocenters. The molecular formula is C5H3N4. The molecule has 0 aliphatic heterocycles. The fourth-order valence-electron chi connectivity index (χ4n) is 0.626. The second kappa shape index (κ2) is 1.51. The minimum Gasteiger partial charge on any atom is -0.219 e. The van der Waals surface area contributed by atoms with Gasteiger partial charge in [0, 0.05) is 18.5 Å². The van der Waals surface area contributed by atoms with Crippen LogP contribution < -0.4 is 0 Å². The van der Waals surface area contributed by atoms with Gasteiger partial charge in [-0.2, -0.15) is 10.1 Å². The molecule has 2 rings (SSSR count). The highest BCUT2D eigenvalue weighted by atomic mass is 15.3. The Morgan fingerprint density at radius 1 is 1.44 bits per heavy atom. The lowest BCUT2D eigenvalue weighted by atomic mass is 10.7. The van der Waals surface area contributed by atoms with Crippen molar-refractivity contribution in [2.45, 2.75) is 0 Å². The molecule has 0 aliphatic carbocycles. The van der Waals surface area contributed by atoms with Gasteiger partial charge in [-0.25, -0.2) is 9.50 Å². The van der Waals surface area contributed by atoms with Crippen molar-refractivity contribution in [1.29, 1.82) is 0 Å². The van der Waals surface area contributed by atoms with E-state index in [2.05, 4.69) is 21.1 Å². The Kier molecular flexibility index (Phi) is 0.745. The van der Waals surface area contributed by atoms with Crippen LogP contribution in [0.25, 0.3) is 5.78 Å². The Morgan fingerprint density at radius 2 is 2.44 bits per heavy atom. The van der Waals surface area contributed by atoms with E-state index in [4.69, 9.17) is 0 Å². The molecule has 0 saturated carbocycles. The molecule has 4 heteroatoms. The van der Waals surface area contributed by atoms with E-state index in [1.165, 1.54) is 6.33 Å². The first-order chi connectivity index (χ1) is 4.47. The van der Waals surface area contributed by atoms with Gasteiger partial charge in [-0.05, 0) is 0 Å². The van der Waals surface area contributed by atoms with Gasteiger partial charge in [-0.1, -0.05) is 0 Å². The van der Waals surface area contributed by atoms with Gasteiger partial charge < -0.3 is 0 Å². The zero-order valence-electron chi connectivity index (χ0n) is 4.52. The Balaban J connectivity index is 2.95. The van der Waals surface area contributed by atoms with Crippen LogP contribution in [0.2, 0.25) is 0 Å². The predicted octanol–water partition coefficient (Wildman–Crippen LogP) is -0.0755. The maximum Gasteiger partial charge on any atom is 0.252 e. The largest absolute Gasteiger partial charge is 0.252 e. The number of nitrogens with zero attached hydrogens (tertiary/aromatic N) is 4. The molecule has 2 aromatic rings. The first-order valence-electron chi connectivity index (χ1n) is 2.48. The summed E-state index contributed by atoms with van der Waals surface area (Å²) >= 11 is 0. The Hall–Kier alpha value is -1.45. The molecule has 1 radical (unpaired) electrons. The summed E-state index contributed by atoms with van der Waals surface area (Å²) in [6.45, 7) is 0. The minimum absolute atomic E-state index is 0.605. The summed E-state index contributed by atoms with van der Waals surface area (Å²) < 4.78 is 1.56. The summed E-state index contributed by atoms with van der Waals surface area (Å²) in [5, 5.41) is 3.83. The highest BCUT2D eigenvalue weighted by molar-refractivity contribution is 5.21. The monoisotopic (exact) mass is 119 g/mol. The van der Waals surface area contributed by atoms with Gasteiger partial charge in [0.05, 0.1) is 0 Å². The smallest absolute Gasteiger partial charge is 0.219 e. The molecule has 43 valence electrons. The van der Waals surface area contributed by atoms with Crippen LogP contribution in [0.1, 0.15) is 0 Å². The SMILES string of the molecule is [c]1cnc2ncnn2c1. The van der Waals surface area contributed by atoms with E-state index >= 15 is 0 Å². The summed E-state index contributed by atoms with van der Waals surface area (Å²) in [4.78, 5) is 7.71. The molecular weight excluding hydrogens is 116 g/mol. The molecule has 0 fully saturated rings. The number of hydrogen-bond donors (Lipinski definition) is 0. The van der Waals surface area contributed by atoms with Crippen molar-refractivity contribution in [3.63, 3.8) is 0 Å². The van der Waals surface area contributed by atoms with Crippen molar-refractivity contribution in [2.75, 3.05) is 0 Å².